The highest BCUT2D eigenvalue weighted by atomic mass is 19.3. The van der Waals surface area contributed by atoms with E-state index in [4.69, 9.17) is 9.84 Å². The molecule has 0 aromatic carbocycles. The second kappa shape index (κ2) is 4.56. The van der Waals surface area contributed by atoms with Gasteiger partial charge < -0.3 is 9.84 Å². The molecule has 0 aromatic rings. The van der Waals surface area contributed by atoms with E-state index in [1.54, 1.807) is 20.8 Å². The van der Waals surface area contributed by atoms with E-state index in [2.05, 4.69) is 0 Å². The summed E-state index contributed by atoms with van der Waals surface area (Å²) in [5.41, 5.74) is -0.748. The van der Waals surface area contributed by atoms with E-state index in [0.717, 1.165) is 4.90 Å². The number of aliphatic carboxylic acids is 1. The zero-order valence-electron chi connectivity index (χ0n) is 11.7. The molecule has 2 fully saturated rings. The summed E-state index contributed by atoms with van der Waals surface area (Å²) in [7, 11) is 0. The zero-order valence-corrected chi connectivity index (χ0v) is 11.7. The summed E-state index contributed by atoms with van der Waals surface area (Å²) >= 11 is 0. The van der Waals surface area contributed by atoms with Crippen LogP contribution in [0.1, 0.15) is 33.6 Å². The standard InChI is InChI=1S/C13H19F2NO4/c1-12(2,3)20-11(19)16-6-7(4-9(16)10(17)18)8-5-13(8,14)15/h7-9H,4-6H2,1-3H3,(H,17,18)/t7?,8?,9-/m0/s1. The minimum atomic E-state index is -2.71. The van der Waals surface area contributed by atoms with E-state index in [1.807, 2.05) is 0 Å². The minimum Gasteiger partial charge on any atom is -0.480 e. The molecule has 1 heterocycles. The van der Waals surface area contributed by atoms with Crippen LogP contribution in [0.5, 0.6) is 0 Å². The number of nitrogens with zero attached hydrogens (tertiary/aromatic N) is 1. The molecule has 1 aliphatic heterocycles. The molecule has 1 saturated heterocycles. The van der Waals surface area contributed by atoms with Crippen LogP contribution < -0.4 is 0 Å². The van der Waals surface area contributed by atoms with Gasteiger partial charge in [0.1, 0.15) is 11.6 Å². The monoisotopic (exact) mass is 291 g/mol. The fourth-order valence-corrected chi connectivity index (χ4v) is 2.66. The van der Waals surface area contributed by atoms with Crippen molar-refractivity contribution in [3.8, 4) is 0 Å². The zero-order chi connectivity index (χ0) is 15.3. The number of carboxylic acid groups (broad SMARTS) is 1. The van der Waals surface area contributed by atoms with Crippen LogP contribution in [0.4, 0.5) is 13.6 Å². The van der Waals surface area contributed by atoms with Crippen molar-refractivity contribution in [2.24, 2.45) is 11.8 Å². The summed E-state index contributed by atoms with van der Waals surface area (Å²) in [6, 6.07) is -1.08. The molecule has 3 atom stereocenters. The van der Waals surface area contributed by atoms with Crippen LogP contribution in [0.2, 0.25) is 0 Å². The van der Waals surface area contributed by atoms with Gasteiger partial charge >= 0.3 is 12.1 Å². The van der Waals surface area contributed by atoms with Crippen LogP contribution in [0.3, 0.4) is 0 Å². The Kier molecular flexibility index (Phi) is 3.42. The van der Waals surface area contributed by atoms with Gasteiger partial charge in [0.25, 0.3) is 5.92 Å². The Bertz CT molecular complexity index is 433. The summed E-state index contributed by atoms with van der Waals surface area (Å²) in [6.45, 7) is 5.03. The van der Waals surface area contributed by atoms with Crippen LogP contribution in [-0.2, 0) is 9.53 Å². The number of amides is 1. The molecule has 7 heteroatoms. The van der Waals surface area contributed by atoms with Crippen molar-refractivity contribution in [2.45, 2.75) is 51.2 Å². The maximum absolute atomic E-state index is 13.1. The topological polar surface area (TPSA) is 66.8 Å². The maximum Gasteiger partial charge on any atom is 0.411 e. The first-order valence-electron chi connectivity index (χ1n) is 6.61. The lowest BCUT2D eigenvalue weighted by Crippen LogP contribution is -2.43. The van der Waals surface area contributed by atoms with E-state index >= 15 is 0 Å². The number of hydrogen-bond acceptors (Lipinski definition) is 3. The Morgan fingerprint density at radius 3 is 2.30 bits per heavy atom. The number of carbonyl (C=O) groups excluding carboxylic acids is 1. The van der Waals surface area contributed by atoms with Gasteiger partial charge in [-0.05, 0) is 33.1 Å². The molecule has 20 heavy (non-hydrogen) atoms. The van der Waals surface area contributed by atoms with Crippen molar-refractivity contribution >= 4 is 12.1 Å². The van der Waals surface area contributed by atoms with Crippen molar-refractivity contribution in [2.75, 3.05) is 6.54 Å². The highest BCUT2D eigenvalue weighted by Crippen LogP contribution is 2.55. The fourth-order valence-electron chi connectivity index (χ4n) is 2.66. The van der Waals surface area contributed by atoms with Gasteiger partial charge in [-0.3, -0.25) is 4.90 Å². The molecule has 0 spiro atoms. The highest BCUT2D eigenvalue weighted by Gasteiger charge is 2.62. The normalized spacial score (nSPS) is 32.0. The predicted octanol–water partition coefficient (Wildman–Crippen LogP) is 2.35. The smallest absolute Gasteiger partial charge is 0.411 e. The second-order valence-corrected chi connectivity index (χ2v) is 6.55. The number of halogens is 2. The minimum absolute atomic E-state index is 0.0200. The van der Waals surface area contributed by atoms with Crippen molar-refractivity contribution < 1.29 is 28.2 Å². The molecule has 0 radical (unpaired) electrons. The van der Waals surface area contributed by atoms with Gasteiger partial charge in [0, 0.05) is 18.9 Å². The Morgan fingerprint density at radius 2 is 1.90 bits per heavy atom. The van der Waals surface area contributed by atoms with Gasteiger partial charge in [-0.25, -0.2) is 18.4 Å². The molecule has 0 aromatic heterocycles. The highest BCUT2D eigenvalue weighted by molar-refractivity contribution is 5.81. The van der Waals surface area contributed by atoms with Crippen molar-refractivity contribution in [1.82, 2.24) is 4.90 Å². The molecular formula is C13H19F2NO4. The lowest BCUT2D eigenvalue weighted by molar-refractivity contribution is -0.142. The van der Waals surface area contributed by atoms with Crippen molar-refractivity contribution in [3.05, 3.63) is 0 Å². The van der Waals surface area contributed by atoms with Gasteiger partial charge in [0.05, 0.1) is 0 Å². The number of alkyl halides is 2. The van der Waals surface area contributed by atoms with Gasteiger partial charge in [-0.2, -0.15) is 0 Å². The van der Waals surface area contributed by atoms with E-state index < -0.39 is 41.5 Å². The first kappa shape index (κ1) is 15.0. The average molecular weight is 291 g/mol. The average Bonchev–Trinajstić information content (AvgIpc) is 2.73. The van der Waals surface area contributed by atoms with Gasteiger partial charge in [0.2, 0.25) is 0 Å². The largest absolute Gasteiger partial charge is 0.480 e. The fraction of sp³-hybridized carbons (Fsp3) is 0.846. The van der Waals surface area contributed by atoms with Gasteiger partial charge in [0.15, 0.2) is 0 Å². The van der Waals surface area contributed by atoms with Gasteiger partial charge in [-0.1, -0.05) is 0 Å². The molecule has 2 unspecified atom stereocenters. The molecule has 1 N–H and O–H groups in total. The predicted molar refractivity (Wildman–Crippen MR) is 65.5 cm³/mol. The van der Waals surface area contributed by atoms with Crippen molar-refractivity contribution in [1.29, 1.82) is 0 Å². The third-order valence-corrected chi connectivity index (χ3v) is 3.69. The SMILES string of the molecule is CC(C)(C)OC(=O)N1CC(C2CC2(F)F)C[C@H]1C(=O)O. The first-order valence-corrected chi connectivity index (χ1v) is 6.61. The first-order chi connectivity index (χ1) is 9.01. The second-order valence-electron chi connectivity index (χ2n) is 6.55. The summed E-state index contributed by atoms with van der Waals surface area (Å²) in [6.07, 6.45) is -0.905. The quantitative estimate of drug-likeness (QED) is 0.848. The lowest BCUT2D eigenvalue weighted by atomic mass is 10.00. The van der Waals surface area contributed by atoms with Crippen molar-refractivity contribution in [3.63, 3.8) is 0 Å². The maximum atomic E-state index is 13.1. The third kappa shape index (κ3) is 3.02. The molecule has 0 bridgehead atoms. The number of hydrogen-bond donors (Lipinski definition) is 1. The van der Waals surface area contributed by atoms with Gasteiger partial charge in [-0.15, -0.1) is 0 Å². The number of ether oxygens (including phenoxy) is 1. The molecule has 114 valence electrons. The number of rotatable bonds is 2. The van der Waals surface area contributed by atoms with E-state index in [0.29, 0.717) is 0 Å². The van der Waals surface area contributed by atoms with Crippen LogP contribution >= 0.6 is 0 Å². The van der Waals surface area contributed by atoms with Crippen LogP contribution in [0, 0.1) is 11.8 Å². The Hall–Kier alpha value is -1.40. The third-order valence-electron chi connectivity index (χ3n) is 3.69. The Morgan fingerprint density at radius 1 is 1.35 bits per heavy atom. The van der Waals surface area contributed by atoms with E-state index in [1.165, 1.54) is 0 Å². The molecule has 2 aliphatic rings. The summed E-state index contributed by atoms with van der Waals surface area (Å²) in [4.78, 5) is 24.2. The van der Waals surface area contributed by atoms with E-state index in [9.17, 15) is 18.4 Å². The Labute approximate surface area is 115 Å². The molecule has 1 amide bonds. The number of carbonyl (C=O) groups is 2. The molecule has 2 rings (SSSR count). The molecule has 1 saturated carbocycles. The van der Waals surface area contributed by atoms with Crippen LogP contribution in [-0.4, -0.2) is 46.2 Å². The van der Waals surface area contributed by atoms with Crippen LogP contribution in [0.25, 0.3) is 0 Å². The summed E-state index contributed by atoms with van der Waals surface area (Å²) < 4.78 is 31.3. The number of likely N-dealkylation sites (tertiary alicyclic amines) is 1. The Balaban J connectivity index is 2.07. The molecule has 1 aliphatic carbocycles. The van der Waals surface area contributed by atoms with Crippen LogP contribution in [0.15, 0.2) is 0 Å². The summed E-state index contributed by atoms with van der Waals surface area (Å²) in [5, 5.41) is 9.14. The number of carboxylic acids is 1. The molecule has 5 nitrogen and oxygen atoms in total. The lowest BCUT2D eigenvalue weighted by Gasteiger charge is -2.26. The summed E-state index contributed by atoms with van der Waals surface area (Å²) in [5.74, 6) is -5.17. The van der Waals surface area contributed by atoms with E-state index in [-0.39, 0.29) is 19.4 Å². The molecular weight excluding hydrogens is 272 g/mol.